The number of aliphatic hydroxyl groups is 2. The second-order valence-electron chi connectivity index (χ2n) is 11.4. The van der Waals surface area contributed by atoms with Gasteiger partial charge >= 0.3 is 0 Å². The van der Waals surface area contributed by atoms with Crippen molar-refractivity contribution in [2.75, 3.05) is 13.2 Å². The fourth-order valence-electron chi connectivity index (χ4n) is 6.61. The molecule has 0 bridgehead atoms. The first-order chi connectivity index (χ1) is 16.7. The van der Waals surface area contributed by atoms with E-state index in [-0.39, 0.29) is 30.9 Å². The molecule has 3 aliphatic rings. The van der Waals surface area contributed by atoms with Crippen LogP contribution in [0.5, 0.6) is 0 Å². The number of rotatable bonds is 2. The molecule has 1 saturated carbocycles. The minimum absolute atomic E-state index is 0.0734. The van der Waals surface area contributed by atoms with Gasteiger partial charge in [0.25, 0.3) is 0 Å². The highest BCUT2D eigenvalue weighted by Gasteiger charge is 2.57. The highest BCUT2D eigenvalue weighted by atomic mass is 17.2. The molecule has 0 amide bonds. The third kappa shape index (κ3) is 5.67. The molecule has 4 rings (SSSR count). The summed E-state index contributed by atoms with van der Waals surface area (Å²) < 4.78 is 2.25. The van der Waals surface area contributed by atoms with Gasteiger partial charge in [-0.15, -0.1) is 0 Å². The van der Waals surface area contributed by atoms with Crippen molar-refractivity contribution in [3.63, 3.8) is 0 Å². The van der Waals surface area contributed by atoms with Crippen LogP contribution in [0, 0.1) is 28.9 Å². The lowest BCUT2D eigenvalue weighted by Gasteiger charge is -2.50. The summed E-state index contributed by atoms with van der Waals surface area (Å²) in [6, 6.07) is 10.1. The summed E-state index contributed by atoms with van der Waals surface area (Å²) in [5.74, 6) is 0.189. The molecule has 2 fully saturated rings. The summed E-state index contributed by atoms with van der Waals surface area (Å²) in [6.45, 7) is 8.81. The van der Waals surface area contributed by atoms with Crippen LogP contribution in [0.3, 0.4) is 0 Å². The summed E-state index contributed by atoms with van der Waals surface area (Å²) in [7, 11) is 0. The maximum Gasteiger partial charge on any atom is 0.214 e. The van der Waals surface area contributed by atoms with E-state index in [0.717, 1.165) is 47.5 Å². The summed E-state index contributed by atoms with van der Waals surface area (Å²) in [5, 5.41) is 49.2. The topological polar surface area (TPSA) is 92.5 Å². The van der Waals surface area contributed by atoms with Gasteiger partial charge in [0, 0.05) is 23.8 Å². The first-order valence-corrected chi connectivity index (χ1v) is 13.3. The van der Waals surface area contributed by atoms with Gasteiger partial charge in [-0.1, -0.05) is 70.0 Å². The molecule has 2 N–H and O–H groups in total. The fraction of sp³-hybridized carbons (Fsp3) is 0.655. The van der Waals surface area contributed by atoms with Crippen molar-refractivity contribution in [2.24, 2.45) is 23.7 Å². The summed E-state index contributed by atoms with van der Waals surface area (Å²) in [4.78, 5) is 0. The van der Waals surface area contributed by atoms with Crippen LogP contribution in [0.4, 0.5) is 0 Å². The molecule has 2 heterocycles. The Morgan fingerprint density at radius 3 is 2.60 bits per heavy atom. The van der Waals surface area contributed by atoms with E-state index in [2.05, 4.69) is 37.1 Å². The van der Waals surface area contributed by atoms with Gasteiger partial charge in [-0.2, -0.15) is 0 Å². The second-order valence-corrected chi connectivity index (χ2v) is 11.4. The van der Waals surface area contributed by atoms with E-state index in [1.807, 2.05) is 18.2 Å². The maximum atomic E-state index is 14.1. The van der Waals surface area contributed by atoms with Gasteiger partial charge in [-0.05, 0) is 54.9 Å². The van der Waals surface area contributed by atoms with E-state index in [1.54, 1.807) is 0 Å². The minimum Gasteiger partial charge on any atom is -0.758 e. The standard InChI is InChI=1S/C29H42NO5/c1-20-8-7-11-28(32)22(3)21(2)24(14-23-9-5-4-6-10-23)18-35(34)29-19-30(33)17-26(29)16-27(31)15-25(29)13-12-20/h4-6,9-10,17,20-21,24-25,27-28,31-32H,3,7-8,11-16,18-19H2,1-2H3/q-1/t20-,21-,24-,25?,27-,28+,29+/m1/s1. The van der Waals surface area contributed by atoms with Crippen LogP contribution in [-0.2, 0) is 10.9 Å². The zero-order chi connectivity index (χ0) is 25.2. The third-order valence-corrected chi connectivity index (χ3v) is 8.92. The Morgan fingerprint density at radius 1 is 1.11 bits per heavy atom. The van der Waals surface area contributed by atoms with E-state index in [1.165, 1.54) is 6.20 Å². The van der Waals surface area contributed by atoms with Crippen LogP contribution in [0.2, 0.25) is 0 Å². The molecule has 1 aromatic rings. The molecular formula is C29H42NO5-. The SMILES string of the molecule is C=C1[C@@H](C)[C@H](Cc2ccccc2)C[O+]([O-])[C@]23CN([O-])C=C2C[C@H](O)CC3CC[C@H](C)CCC[C@@H]1O. The molecule has 35 heavy (non-hydrogen) atoms. The highest BCUT2D eigenvalue weighted by Crippen LogP contribution is 2.50. The maximum absolute atomic E-state index is 14.1. The Kier molecular flexibility index (Phi) is 8.39. The van der Waals surface area contributed by atoms with Crippen molar-refractivity contribution in [1.29, 1.82) is 0 Å². The molecule has 0 radical (unpaired) electrons. The van der Waals surface area contributed by atoms with Gasteiger partial charge in [-0.25, -0.2) is 0 Å². The molecular weight excluding hydrogens is 442 g/mol. The van der Waals surface area contributed by atoms with Gasteiger partial charge in [0.15, 0.2) is 6.61 Å². The van der Waals surface area contributed by atoms with E-state index in [9.17, 15) is 20.7 Å². The van der Waals surface area contributed by atoms with Crippen molar-refractivity contribution in [3.05, 3.63) is 65.0 Å². The minimum atomic E-state index is -0.973. The van der Waals surface area contributed by atoms with Gasteiger partial charge < -0.3 is 30.3 Å². The van der Waals surface area contributed by atoms with Crippen LogP contribution in [-0.4, -0.2) is 46.2 Å². The smallest absolute Gasteiger partial charge is 0.214 e. The average Bonchev–Trinajstić information content (AvgIpc) is 3.17. The Bertz CT molecular complexity index is 888. The molecule has 6 heteroatoms. The van der Waals surface area contributed by atoms with E-state index >= 15 is 0 Å². The van der Waals surface area contributed by atoms with Crippen molar-refractivity contribution in [2.45, 2.75) is 83.0 Å². The van der Waals surface area contributed by atoms with Gasteiger partial charge in [-0.3, -0.25) is 0 Å². The fourth-order valence-corrected chi connectivity index (χ4v) is 6.61. The zero-order valence-electron chi connectivity index (χ0n) is 21.3. The van der Waals surface area contributed by atoms with E-state index < -0.39 is 17.8 Å². The molecule has 1 aromatic carbocycles. The third-order valence-electron chi connectivity index (χ3n) is 8.92. The summed E-state index contributed by atoms with van der Waals surface area (Å²) in [6.07, 6.45) is 6.35. The largest absolute Gasteiger partial charge is 0.758 e. The van der Waals surface area contributed by atoms with Crippen molar-refractivity contribution >= 4 is 0 Å². The molecule has 0 aromatic heterocycles. The predicted molar refractivity (Wildman–Crippen MR) is 136 cm³/mol. The molecule has 1 saturated heterocycles. The number of nitrogens with zero attached hydrogens (tertiary/aromatic N) is 1. The monoisotopic (exact) mass is 484 g/mol. The molecule has 6 nitrogen and oxygen atoms in total. The first kappa shape index (κ1) is 26.4. The lowest BCUT2D eigenvalue weighted by atomic mass is 9.69. The normalized spacial score (nSPS) is 37.8. The molecule has 7 atom stereocenters. The predicted octanol–water partition coefficient (Wildman–Crippen LogP) is 4.03. The number of benzene rings is 1. The summed E-state index contributed by atoms with van der Waals surface area (Å²) in [5.41, 5.74) is 1.70. The number of hydrogen-bond donors (Lipinski definition) is 2. The van der Waals surface area contributed by atoms with Crippen LogP contribution >= 0.6 is 0 Å². The second kappa shape index (κ2) is 11.1. The molecule has 194 valence electrons. The Balaban J connectivity index is 1.70. The van der Waals surface area contributed by atoms with E-state index in [4.69, 9.17) is 0 Å². The molecule has 1 unspecified atom stereocenters. The van der Waals surface area contributed by atoms with Crippen molar-refractivity contribution in [3.8, 4) is 0 Å². The quantitative estimate of drug-likeness (QED) is 0.376. The van der Waals surface area contributed by atoms with Crippen LogP contribution < -0.4 is 5.26 Å². The first-order valence-electron chi connectivity index (χ1n) is 13.3. The van der Waals surface area contributed by atoms with Crippen LogP contribution in [0.25, 0.3) is 0 Å². The zero-order valence-corrected chi connectivity index (χ0v) is 21.3. The van der Waals surface area contributed by atoms with Gasteiger partial charge in [0.1, 0.15) is 0 Å². The molecule has 1 spiro atoms. The van der Waals surface area contributed by atoms with Crippen LogP contribution in [0.1, 0.15) is 64.4 Å². The van der Waals surface area contributed by atoms with Gasteiger partial charge in [0.2, 0.25) is 5.60 Å². The highest BCUT2D eigenvalue weighted by molar-refractivity contribution is 5.30. The van der Waals surface area contributed by atoms with Gasteiger partial charge in [0.05, 0.1) is 18.8 Å². The van der Waals surface area contributed by atoms with Crippen LogP contribution in [0.15, 0.2) is 54.3 Å². The van der Waals surface area contributed by atoms with E-state index in [0.29, 0.717) is 31.6 Å². The average molecular weight is 485 g/mol. The summed E-state index contributed by atoms with van der Waals surface area (Å²) >= 11 is 0. The Labute approximate surface area is 210 Å². The number of aliphatic hydroxyl groups excluding tert-OH is 2. The number of hydroxylamine groups is 2. The molecule has 2 aliphatic heterocycles. The van der Waals surface area contributed by atoms with Crippen molar-refractivity contribution < 1.29 is 20.0 Å². The lowest BCUT2D eigenvalue weighted by molar-refractivity contribution is -0.825. The molecule has 1 aliphatic carbocycles. The van der Waals surface area contributed by atoms with Crippen molar-refractivity contribution in [1.82, 2.24) is 5.06 Å². The Morgan fingerprint density at radius 2 is 1.86 bits per heavy atom. The lowest BCUT2D eigenvalue weighted by Crippen LogP contribution is -2.61. The Hall–Kier alpha value is -1.70. The number of hydrogen-bond acceptors (Lipinski definition) is 5.